The second kappa shape index (κ2) is 45.9. The molecule has 0 fully saturated rings. The minimum atomic E-state index is 0. The molecule has 0 aliphatic heterocycles. The van der Waals surface area contributed by atoms with Gasteiger partial charge in [-0.15, -0.1) is 0 Å². The number of carbonyl (C=O) groups is 1. The van der Waals surface area contributed by atoms with Crippen molar-refractivity contribution in [1.29, 1.82) is 0 Å². The van der Waals surface area contributed by atoms with Gasteiger partial charge in [-0.2, -0.15) is 0 Å². The third-order valence-electron chi connectivity index (χ3n) is 8.25. The monoisotopic (exact) mass is 602 g/mol. The minimum absolute atomic E-state index is 0. The van der Waals surface area contributed by atoms with Crippen LogP contribution in [0.1, 0.15) is 219 Å². The summed E-state index contributed by atoms with van der Waals surface area (Å²) in [6, 6.07) is 0. The molecule has 0 aromatic heterocycles. The number of esters is 1. The third kappa shape index (κ3) is 46.0. The zero-order valence-electron chi connectivity index (χ0n) is 27.4. The molecule has 0 aliphatic carbocycles. The van der Waals surface area contributed by atoms with Crippen molar-refractivity contribution in [2.24, 2.45) is 0 Å². The summed E-state index contributed by atoms with van der Waals surface area (Å²) in [5, 5.41) is 0. The molecule has 41 heavy (non-hydrogen) atoms. The predicted octanol–water partition coefficient (Wildman–Crippen LogP) is 11.9. The third-order valence-corrected chi connectivity index (χ3v) is 8.25. The van der Waals surface area contributed by atoms with Crippen molar-refractivity contribution in [2.45, 2.75) is 219 Å². The second-order valence-electron chi connectivity index (χ2n) is 12.2. The molecule has 0 aromatic rings. The van der Waals surface area contributed by atoms with Gasteiger partial charge in [-0.3, -0.25) is 4.79 Å². The maximum atomic E-state index is 11.9. The van der Waals surface area contributed by atoms with Crippen LogP contribution in [0.5, 0.6) is 0 Å². The molecule has 3 N–H and O–H groups in total. The van der Waals surface area contributed by atoms with Crippen molar-refractivity contribution in [3.05, 3.63) is 0 Å². The fraction of sp³-hybridized carbons (Fsp3) is 0.972. The van der Waals surface area contributed by atoms with Gasteiger partial charge in [0.25, 0.3) is 0 Å². The number of hydrogen-bond donors (Lipinski definition) is 1. The molecule has 0 heterocycles. The summed E-state index contributed by atoms with van der Waals surface area (Å²) in [6.45, 7) is 5.22. The molecule has 0 saturated heterocycles. The van der Waals surface area contributed by atoms with Crippen LogP contribution in [0.3, 0.4) is 0 Å². The fourth-order valence-corrected chi connectivity index (χ4v) is 5.55. The van der Waals surface area contributed by atoms with Gasteiger partial charge in [0.2, 0.25) is 0 Å². The maximum absolute atomic E-state index is 11.9. The van der Waals surface area contributed by atoms with E-state index >= 15 is 0 Å². The van der Waals surface area contributed by atoms with E-state index in [0.29, 0.717) is 13.0 Å². The molecule has 0 amide bonds. The Morgan fingerprint density at radius 2 is 0.585 bits per heavy atom. The first-order valence-electron chi connectivity index (χ1n) is 18.0. The molecule has 3 nitrogen and oxygen atoms in total. The molecule has 0 spiro atoms. The molecule has 0 unspecified atom stereocenters. The van der Waals surface area contributed by atoms with Crippen molar-refractivity contribution < 1.29 is 9.53 Å². The van der Waals surface area contributed by atoms with Crippen LogP contribution in [0.2, 0.25) is 0 Å². The van der Waals surface area contributed by atoms with Gasteiger partial charge < -0.3 is 10.9 Å². The van der Waals surface area contributed by atoms with Gasteiger partial charge >= 0.3 is 65.1 Å². The van der Waals surface area contributed by atoms with E-state index in [0.717, 1.165) is 12.8 Å². The molecule has 0 bridgehead atoms. The van der Waals surface area contributed by atoms with Crippen LogP contribution in [0, 0.1) is 0 Å². The van der Waals surface area contributed by atoms with Crippen LogP contribution in [0.15, 0.2) is 0 Å². The molecule has 0 rings (SSSR count). The first-order chi connectivity index (χ1) is 18.8. The molecular weight excluding hydrogens is 524 g/mol. The number of hydrogen-bond acceptors (Lipinski definition) is 3. The second-order valence-corrected chi connectivity index (χ2v) is 12.2. The Hall–Kier alpha value is 1.43. The first kappa shape index (κ1) is 49.3. The molecular formula is C36H77NNa2O2. The zero-order chi connectivity index (χ0) is 27.6. The fourth-order valence-electron chi connectivity index (χ4n) is 5.55. The summed E-state index contributed by atoms with van der Waals surface area (Å²) in [7, 11) is 0. The number of ether oxygens (including phenoxy) is 1. The molecule has 0 aromatic carbocycles. The van der Waals surface area contributed by atoms with Crippen LogP contribution < -0.4 is 6.15 Å². The van der Waals surface area contributed by atoms with Crippen molar-refractivity contribution in [1.82, 2.24) is 6.15 Å². The van der Waals surface area contributed by atoms with Gasteiger partial charge in [-0.05, 0) is 12.8 Å². The summed E-state index contributed by atoms with van der Waals surface area (Å²) < 4.78 is 5.44. The van der Waals surface area contributed by atoms with Crippen molar-refractivity contribution >= 4 is 65.1 Å². The average molecular weight is 602 g/mol. The molecule has 240 valence electrons. The Bertz CT molecular complexity index is 451. The SMILES string of the molecule is CCCCCCCCCCCCCCCCCCOC(=O)CCCCCCCCCCCCCCCCC.N.[NaH].[NaH]. The van der Waals surface area contributed by atoms with Crippen LogP contribution in [-0.4, -0.2) is 71.7 Å². The quantitative estimate of drug-likeness (QED) is 0.0462. The molecule has 0 saturated carbocycles. The van der Waals surface area contributed by atoms with E-state index in [-0.39, 0.29) is 71.2 Å². The summed E-state index contributed by atoms with van der Waals surface area (Å²) in [4.78, 5) is 11.9. The number of rotatable bonds is 33. The van der Waals surface area contributed by atoms with Crippen LogP contribution in [-0.2, 0) is 9.53 Å². The molecule has 0 aliphatic rings. The Morgan fingerprint density at radius 1 is 0.366 bits per heavy atom. The van der Waals surface area contributed by atoms with E-state index in [1.54, 1.807) is 0 Å². The van der Waals surface area contributed by atoms with Gasteiger partial charge in [0, 0.05) is 6.42 Å². The van der Waals surface area contributed by atoms with Gasteiger partial charge in [0.05, 0.1) is 6.61 Å². The van der Waals surface area contributed by atoms with E-state index in [1.165, 1.54) is 186 Å². The van der Waals surface area contributed by atoms with Crippen LogP contribution in [0.25, 0.3) is 0 Å². The topological polar surface area (TPSA) is 61.3 Å². The van der Waals surface area contributed by atoms with E-state index in [4.69, 9.17) is 4.74 Å². The van der Waals surface area contributed by atoms with E-state index in [9.17, 15) is 4.79 Å². The van der Waals surface area contributed by atoms with Crippen molar-refractivity contribution in [3.63, 3.8) is 0 Å². The Morgan fingerprint density at radius 3 is 0.854 bits per heavy atom. The van der Waals surface area contributed by atoms with Gasteiger partial charge in [0.15, 0.2) is 0 Å². The summed E-state index contributed by atoms with van der Waals surface area (Å²) in [6.07, 6.45) is 43.1. The molecule has 0 atom stereocenters. The van der Waals surface area contributed by atoms with Gasteiger partial charge in [-0.25, -0.2) is 0 Å². The van der Waals surface area contributed by atoms with Crippen molar-refractivity contribution in [2.75, 3.05) is 6.61 Å². The van der Waals surface area contributed by atoms with Crippen LogP contribution >= 0.6 is 0 Å². The molecule has 0 radical (unpaired) electrons. The Labute approximate surface area is 304 Å². The summed E-state index contributed by atoms with van der Waals surface area (Å²) in [5.74, 6) is 0.0284. The van der Waals surface area contributed by atoms with E-state index < -0.39 is 0 Å². The van der Waals surface area contributed by atoms with Crippen LogP contribution in [0.4, 0.5) is 0 Å². The zero-order valence-corrected chi connectivity index (χ0v) is 27.4. The standard InChI is InChI=1S/C36H72O2.H3N.2Na.2H/c1-3-5-7-9-11-13-15-17-19-21-23-25-27-29-31-33-35-38-36(37)34-32-30-28-26-24-22-20-18-16-14-12-10-8-6-4-2;;;;;/h3-35H2,1-2H3;1H3;;;;. The summed E-state index contributed by atoms with van der Waals surface area (Å²) >= 11 is 0. The first-order valence-corrected chi connectivity index (χ1v) is 18.0. The predicted molar refractivity (Wildman–Crippen MR) is 189 cm³/mol. The Balaban J connectivity index is -0.00000228. The summed E-state index contributed by atoms with van der Waals surface area (Å²) in [5.41, 5.74) is 0. The van der Waals surface area contributed by atoms with Crippen molar-refractivity contribution in [3.8, 4) is 0 Å². The number of unbranched alkanes of at least 4 members (excludes halogenated alkanes) is 29. The van der Waals surface area contributed by atoms with Gasteiger partial charge in [-0.1, -0.05) is 200 Å². The Kier molecular flexibility index (Phi) is 55.2. The molecule has 5 heteroatoms. The van der Waals surface area contributed by atoms with E-state index in [1.807, 2.05) is 0 Å². The van der Waals surface area contributed by atoms with E-state index in [2.05, 4.69) is 13.8 Å². The number of carbonyl (C=O) groups excluding carboxylic acids is 1. The van der Waals surface area contributed by atoms with Gasteiger partial charge in [0.1, 0.15) is 0 Å². The normalized spacial score (nSPS) is 10.5. The average Bonchev–Trinajstić information content (AvgIpc) is 2.92.